The van der Waals surface area contributed by atoms with Crippen LogP contribution in [0.4, 0.5) is 0 Å². The van der Waals surface area contributed by atoms with Crippen molar-refractivity contribution in [2.24, 2.45) is 23.2 Å². The van der Waals surface area contributed by atoms with Gasteiger partial charge in [0.05, 0.1) is 27.2 Å². The lowest BCUT2D eigenvalue weighted by atomic mass is 9.49. The van der Waals surface area contributed by atoms with Crippen LogP contribution in [0.2, 0.25) is 0 Å². The van der Waals surface area contributed by atoms with Gasteiger partial charge in [-0.25, -0.2) is 0 Å². The summed E-state index contributed by atoms with van der Waals surface area (Å²) in [6, 6.07) is 0. The molecule has 4 bridgehead atoms. The Labute approximate surface area is 222 Å². The maximum atomic E-state index is 12.7. The van der Waals surface area contributed by atoms with Crippen LogP contribution < -0.4 is 0 Å². The van der Waals surface area contributed by atoms with Crippen molar-refractivity contribution >= 4 is 17.5 Å². The number of unbranched alkanes of at least 4 members (excludes halogenated alkanes) is 7. The molecule has 0 N–H and O–H groups in total. The Hall–Kier alpha value is -2.11. The topological polar surface area (TPSA) is 78.9 Å². The van der Waals surface area contributed by atoms with Crippen LogP contribution in [0.25, 0.3) is 0 Å². The molecule has 5 rings (SSSR count). The molecule has 5 aliphatic rings. The van der Waals surface area contributed by atoms with Crippen LogP contribution in [0.1, 0.15) is 110 Å². The molecule has 37 heavy (non-hydrogen) atoms. The largest absolute Gasteiger partial charge is 0.489 e. The Balaban J connectivity index is 1.02. The Morgan fingerprint density at radius 2 is 1.24 bits per heavy atom. The van der Waals surface area contributed by atoms with Crippen molar-refractivity contribution in [3.8, 4) is 0 Å². The first kappa shape index (κ1) is 27.9. The number of carbonyl (C=O) groups excluding carboxylic acids is 3. The Kier molecular flexibility index (Phi) is 9.52. The molecule has 6 nitrogen and oxygen atoms in total. The van der Waals surface area contributed by atoms with Crippen molar-refractivity contribution < 1.29 is 28.6 Å². The molecule has 206 valence electrons. The van der Waals surface area contributed by atoms with Gasteiger partial charge < -0.3 is 14.2 Å². The fourth-order valence-corrected chi connectivity index (χ4v) is 8.01. The summed E-state index contributed by atoms with van der Waals surface area (Å²) in [6.07, 6.45) is 17.8. The number of carbonyl (C=O) groups is 3. The molecule has 0 amide bonds. The van der Waals surface area contributed by atoms with Gasteiger partial charge in [-0.1, -0.05) is 38.5 Å². The quantitative estimate of drug-likeness (QED) is 0.139. The average molecular weight is 515 g/mol. The molecular weight excluding hydrogens is 468 g/mol. The SMILES string of the molecule is COC1=C(OC)C(=O)C(CCCCCCCCCCOC(=O)CC23CC4CC(CC(C4)C2)C3)=C(C)C1=O. The molecule has 0 radical (unpaired) electrons. The Bertz CT molecular complexity index is 891. The second kappa shape index (κ2) is 12.6. The average Bonchev–Trinajstić information content (AvgIpc) is 2.85. The van der Waals surface area contributed by atoms with Crippen LogP contribution >= 0.6 is 0 Å². The van der Waals surface area contributed by atoms with Crippen molar-refractivity contribution in [3.05, 3.63) is 22.7 Å². The number of Topliss-reactive ketones (excluding diaryl/α,β-unsaturated/α-hetero) is 2. The van der Waals surface area contributed by atoms with E-state index in [-0.39, 0.29) is 34.5 Å². The number of allylic oxidation sites excluding steroid dienone is 2. The van der Waals surface area contributed by atoms with Crippen LogP contribution in [-0.2, 0) is 28.6 Å². The highest BCUT2D eigenvalue weighted by Gasteiger charge is 2.51. The van der Waals surface area contributed by atoms with Gasteiger partial charge in [-0.3, -0.25) is 14.4 Å². The summed E-state index contributed by atoms with van der Waals surface area (Å²) in [5, 5.41) is 0. The molecular formula is C31H46O6. The van der Waals surface area contributed by atoms with E-state index >= 15 is 0 Å². The van der Waals surface area contributed by atoms with Crippen molar-refractivity contribution in [2.75, 3.05) is 20.8 Å². The minimum absolute atomic E-state index is 0.00568. The third-order valence-electron chi connectivity index (χ3n) is 9.36. The molecule has 6 heteroatoms. The number of methoxy groups -OCH3 is 2. The molecule has 4 saturated carbocycles. The summed E-state index contributed by atoms with van der Waals surface area (Å²) in [6.45, 7) is 2.26. The third kappa shape index (κ3) is 6.67. The van der Waals surface area contributed by atoms with Gasteiger partial charge in [-0.2, -0.15) is 0 Å². The van der Waals surface area contributed by atoms with Crippen molar-refractivity contribution in [1.29, 1.82) is 0 Å². The predicted molar refractivity (Wildman–Crippen MR) is 141 cm³/mol. The number of rotatable bonds is 15. The Morgan fingerprint density at radius 1 is 0.757 bits per heavy atom. The maximum absolute atomic E-state index is 12.7. The van der Waals surface area contributed by atoms with Gasteiger partial charge in [0, 0.05) is 11.1 Å². The Morgan fingerprint density at radius 3 is 1.78 bits per heavy atom. The van der Waals surface area contributed by atoms with Crippen molar-refractivity contribution in [2.45, 2.75) is 110 Å². The van der Waals surface area contributed by atoms with E-state index in [2.05, 4.69) is 0 Å². The number of ether oxygens (including phenoxy) is 3. The van der Waals surface area contributed by atoms with Crippen molar-refractivity contribution in [1.82, 2.24) is 0 Å². The lowest BCUT2D eigenvalue weighted by Crippen LogP contribution is -2.47. The summed E-state index contributed by atoms with van der Waals surface area (Å²) in [7, 11) is 2.78. The third-order valence-corrected chi connectivity index (χ3v) is 9.36. The molecule has 4 fully saturated rings. The maximum Gasteiger partial charge on any atom is 0.306 e. The van der Waals surface area contributed by atoms with Gasteiger partial charge in [-0.15, -0.1) is 0 Å². The van der Waals surface area contributed by atoms with E-state index in [0.717, 1.165) is 62.7 Å². The zero-order valence-electron chi connectivity index (χ0n) is 23.2. The van der Waals surface area contributed by atoms with Crippen LogP contribution in [0.15, 0.2) is 22.7 Å². The summed E-state index contributed by atoms with van der Waals surface area (Å²) < 4.78 is 15.9. The van der Waals surface area contributed by atoms with Crippen molar-refractivity contribution in [3.63, 3.8) is 0 Å². The van der Waals surface area contributed by atoms with E-state index in [4.69, 9.17) is 14.2 Å². The van der Waals surface area contributed by atoms with Gasteiger partial charge in [0.2, 0.25) is 23.1 Å². The molecule has 0 aliphatic heterocycles. The molecule has 0 aromatic carbocycles. The van der Waals surface area contributed by atoms with E-state index in [1.54, 1.807) is 6.92 Å². The van der Waals surface area contributed by atoms with E-state index in [0.29, 0.717) is 30.6 Å². The molecule has 0 saturated heterocycles. The highest BCUT2D eigenvalue weighted by Crippen LogP contribution is 2.61. The van der Waals surface area contributed by atoms with Gasteiger partial charge >= 0.3 is 5.97 Å². The zero-order chi connectivity index (χ0) is 26.4. The first-order valence-corrected chi connectivity index (χ1v) is 14.6. The van der Waals surface area contributed by atoms with Crippen LogP contribution in [-0.4, -0.2) is 38.4 Å². The second-order valence-electron chi connectivity index (χ2n) is 12.2. The zero-order valence-corrected chi connectivity index (χ0v) is 23.2. The smallest absolute Gasteiger partial charge is 0.306 e. The molecule has 0 aromatic heterocycles. The van der Waals surface area contributed by atoms with Gasteiger partial charge in [0.15, 0.2) is 0 Å². The lowest BCUT2D eigenvalue weighted by molar-refractivity contribution is -0.152. The first-order valence-electron chi connectivity index (χ1n) is 14.6. The number of esters is 1. The minimum atomic E-state index is -0.257. The van der Waals surface area contributed by atoms with Gasteiger partial charge in [0.25, 0.3) is 0 Å². The molecule has 0 unspecified atom stereocenters. The highest BCUT2D eigenvalue weighted by atomic mass is 16.5. The summed E-state index contributed by atoms with van der Waals surface area (Å²) in [5.41, 5.74) is 1.30. The molecule has 5 aliphatic carbocycles. The van der Waals surface area contributed by atoms with Gasteiger partial charge in [0.1, 0.15) is 0 Å². The second-order valence-corrected chi connectivity index (χ2v) is 12.2. The lowest BCUT2D eigenvalue weighted by Gasteiger charge is -2.56. The van der Waals surface area contributed by atoms with E-state index in [1.165, 1.54) is 59.2 Å². The molecule has 0 aromatic rings. The van der Waals surface area contributed by atoms with Gasteiger partial charge in [-0.05, 0) is 87.9 Å². The molecule has 0 heterocycles. The summed E-state index contributed by atoms with van der Waals surface area (Å²) in [5.74, 6) is 2.22. The fourth-order valence-electron chi connectivity index (χ4n) is 8.01. The normalized spacial score (nSPS) is 28.8. The van der Waals surface area contributed by atoms with Crippen LogP contribution in [0.3, 0.4) is 0 Å². The number of hydrogen-bond donors (Lipinski definition) is 0. The summed E-state index contributed by atoms with van der Waals surface area (Å²) in [4.78, 5) is 37.6. The molecule has 0 spiro atoms. The number of hydrogen-bond acceptors (Lipinski definition) is 6. The van der Waals surface area contributed by atoms with Crippen LogP contribution in [0, 0.1) is 23.2 Å². The standard InChI is InChI=1S/C31H46O6/c1-21-25(28(34)30(36-3)29(35-2)27(21)33)12-10-8-6-4-5-7-9-11-13-37-26(32)20-31-17-22-14-23(18-31)16-24(15-22)19-31/h22-24H,4-20H2,1-3H3. The van der Waals surface area contributed by atoms with Crippen LogP contribution in [0.5, 0.6) is 0 Å². The van der Waals surface area contributed by atoms with E-state index in [9.17, 15) is 14.4 Å². The van der Waals surface area contributed by atoms with E-state index < -0.39 is 0 Å². The highest BCUT2D eigenvalue weighted by molar-refractivity contribution is 6.23. The predicted octanol–water partition coefficient (Wildman–Crippen LogP) is 6.62. The fraction of sp³-hybridized carbons (Fsp3) is 0.774. The van der Waals surface area contributed by atoms with E-state index in [1.807, 2.05) is 0 Å². The summed E-state index contributed by atoms with van der Waals surface area (Å²) >= 11 is 0. The molecule has 0 atom stereocenters. The minimum Gasteiger partial charge on any atom is -0.489 e. The first-order chi connectivity index (χ1) is 17.9. The number of ketones is 2. The monoisotopic (exact) mass is 514 g/mol.